The van der Waals surface area contributed by atoms with Crippen LogP contribution in [0, 0.1) is 0 Å². The van der Waals surface area contributed by atoms with Gasteiger partial charge in [-0.2, -0.15) is 0 Å². The molecule has 0 aliphatic carbocycles. The first kappa shape index (κ1) is 22.9. The Balaban J connectivity index is 1.45. The van der Waals surface area contributed by atoms with Crippen molar-refractivity contribution in [2.75, 3.05) is 0 Å². The van der Waals surface area contributed by atoms with E-state index in [1.807, 2.05) is 66.9 Å². The minimum absolute atomic E-state index is 0.922. The fourth-order valence-electron chi connectivity index (χ4n) is 4.00. The molecule has 0 spiro atoms. The number of hydrogen-bond donors (Lipinski definition) is 0. The maximum atomic E-state index is 4.91. The Labute approximate surface area is 212 Å². The predicted octanol–water partition coefficient (Wildman–Crippen LogP) is 8.75. The molecule has 2 nitrogen and oxygen atoms in total. The molecule has 0 saturated heterocycles. The third-order valence-corrected chi connectivity index (χ3v) is 5.78. The molecule has 5 rings (SSSR count). The van der Waals surface area contributed by atoms with Gasteiger partial charge < -0.3 is 0 Å². The van der Waals surface area contributed by atoms with E-state index >= 15 is 0 Å². The minimum Gasteiger partial charge on any atom is -0.264 e. The number of benzene rings is 3. The van der Waals surface area contributed by atoms with Gasteiger partial charge in [0.1, 0.15) is 0 Å². The molecule has 2 heteroatoms. The Morgan fingerprint density at radius 3 is 1.94 bits per heavy atom. The summed E-state index contributed by atoms with van der Waals surface area (Å²) in [7, 11) is 0. The predicted molar refractivity (Wildman–Crippen MR) is 154 cm³/mol. The van der Waals surface area contributed by atoms with Crippen molar-refractivity contribution in [3.63, 3.8) is 0 Å². The van der Waals surface area contributed by atoms with Crippen LogP contribution in [0.1, 0.15) is 22.4 Å². The minimum atomic E-state index is 0.922. The van der Waals surface area contributed by atoms with Gasteiger partial charge in [-0.05, 0) is 58.2 Å². The lowest BCUT2D eigenvalue weighted by atomic mass is 9.98. The van der Waals surface area contributed by atoms with Crippen molar-refractivity contribution in [2.45, 2.75) is 0 Å². The number of aromatic nitrogens is 2. The van der Waals surface area contributed by atoms with E-state index in [4.69, 9.17) is 4.98 Å². The van der Waals surface area contributed by atoms with Crippen LogP contribution < -0.4 is 0 Å². The maximum Gasteiger partial charge on any atom is 0.0715 e. The Morgan fingerprint density at radius 1 is 0.528 bits per heavy atom. The van der Waals surface area contributed by atoms with Gasteiger partial charge in [0.15, 0.2) is 0 Å². The molecule has 172 valence electrons. The number of allylic oxidation sites excluding steroid dienone is 4. The van der Waals surface area contributed by atoms with Gasteiger partial charge in [-0.1, -0.05) is 115 Å². The fraction of sp³-hybridized carbons (Fsp3) is 0. The molecular weight excluding hydrogens is 436 g/mol. The van der Waals surface area contributed by atoms with E-state index in [9.17, 15) is 0 Å². The lowest BCUT2D eigenvalue weighted by Crippen LogP contribution is -1.89. The molecule has 0 unspecified atom stereocenters. The molecule has 0 atom stereocenters. The first-order valence-electron chi connectivity index (χ1n) is 12.0. The summed E-state index contributed by atoms with van der Waals surface area (Å²) in [6.07, 6.45) is 20.1. The van der Waals surface area contributed by atoms with Crippen LogP contribution in [0.2, 0.25) is 0 Å². The van der Waals surface area contributed by atoms with E-state index in [1.165, 1.54) is 16.7 Å². The molecule has 0 fully saturated rings. The highest BCUT2D eigenvalue weighted by molar-refractivity contribution is 5.96. The maximum absolute atomic E-state index is 4.91. The smallest absolute Gasteiger partial charge is 0.0715 e. The summed E-state index contributed by atoms with van der Waals surface area (Å²) in [4.78, 5) is 9.06. The summed E-state index contributed by atoms with van der Waals surface area (Å²) < 4.78 is 0. The van der Waals surface area contributed by atoms with Crippen molar-refractivity contribution in [3.8, 4) is 11.1 Å². The van der Waals surface area contributed by atoms with Gasteiger partial charge >= 0.3 is 0 Å². The summed E-state index contributed by atoms with van der Waals surface area (Å²) in [6.45, 7) is 0. The standard InChI is InChI=1S/C34H26N2/c1-3-12-27(13-4-1)14-7-8-15-28-21-22-34-33(24-28)32(30-18-5-2-6-19-30)25-31(36-34)20-10-9-16-29-17-11-23-35-26-29/h1-26H/b14-7+,15-8+,16-9+,20-10+. The summed E-state index contributed by atoms with van der Waals surface area (Å²) in [5.74, 6) is 0. The molecule has 5 aromatic rings. The van der Waals surface area contributed by atoms with Crippen LogP contribution in [0.5, 0.6) is 0 Å². The zero-order valence-corrected chi connectivity index (χ0v) is 19.9. The SMILES string of the molecule is C(/C=C/c1ccc2nc(/C=C/C=C/c3cccnc3)cc(-c3ccccc3)c2c1)=C\c1ccccc1. The van der Waals surface area contributed by atoms with Crippen LogP contribution in [-0.4, -0.2) is 9.97 Å². The molecule has 0 N–H and O–H groups in total. The van der Waals surface area contributed by atoms with Crippen molar-refractivity contribution in [1.82, 2.24) is 9.97 Å². The zero-order chi connectivity index (χ0) is 24.4. The van der Waals surface area contributed by atoms with Gasteiger partial charge in [-0.3, -0.25) is 4.98 Å². The highest BCUT2D eigenvalue weighted by Crippen LogP contribution is 2.30. The van der Waals surface area contributed by atoms with Gasteiger partial charge in [0, 0.05) is 17.8 Å². The van der Waals surface area contributed by atoms with Crippen molar-refractivity contribution >= 4 is 35.2 Å². The summed E-state index contributed by atoms with van der Waals surface area (Å²) in [6, 6.07) is 33.4. The van der Waals surface area contributed by atoms with E-state index in [2.05, 4.69) is 90.0 Å². The quantitative estimate of drug-likeness (QED) is 0.226. The Morgan fingerprint density at radius 2 is 1.19 bits per heavy atom. The molecule has 0 bridgehead atoms. The average Bonchev–Trinajstić information content (AvgIpc) is 2.95. The van der Waals surface area contributed by atoms with Crippen LogP contribution in [-0.2, 0) is 0 Å². The third-order valence-electron chi connectivity index (χ3n) is 5.78. The van der Waals surface area contributed by atoms with Crippen molar-refractivity contribution < 1.29 is 0 Å². The van der Waals surface area contributed by atoms with Crippen LogP contribution in [0.25, 0.3) is 46.3 Å². The van der Waals surface area contributed by atoms with Crippen molar-refractivity contribution in [1.29, 1.82) is 0 Å². The molecule has 2 heterocycles. The summed E-state index contributed by atoms with van der Waals surface area (Å²) in [5.41, 5.74) is 7.64. The Hall–Kier alpha value is -4.82. The van der Waals surface area contributed by atoms with Crippen molar-refractivity contribution in [3.05, 3.63) is 156 Å². The number of fused-ring (bicyclic) bond motifs is 1. The van der Waals surface area contributed by atoms with E-state index in [0.29, 0.717) is 0 Å². The molecular formula is C34H26N2. The molecule has 2 aromatic heterocycles. The van der Waals surface area contributed by atoms with Crippen LogP contribution in [0.3, 0.4) is 0 Å². The highest BCUT2D eigenvalue weighted by atomic mass is 14.7. The fourth-order valence-corrected chi connectivity index (χ4v) is 4.00. The second-order valence-electron chi connectivity index (χ2n) is 8.37. The zero-order valence-electron chi connectivity index (χ0n) is 19.9. The monoisotopic (exact) mass is 462 g/mol. The average molecular weight is 463 g/mol. The molecule has 0 aliphatic rings. The van der Waals surface area contributed by atoms with Gasteiger partial charge in [0.25, 0.3) is 0 Å². The molecule has 0 radical (unpaired) electrons. The van der Waals surface area contributed by atoms with Gasteiger partial charge in [-0.15, -0.1) is 0 Å². The second-order valence-corrected chi connectivity index (χ2v) is 8.37. The molecule has 0 aliphatic heterocycles. The van der Waals surface area contributed by atoms with Gasteiger partial charge in [-0.25, -0.2) is 4.98 Å². The van der Waals surface area contributed by atoms with Crippen LogP contribution in [0.15, 0.2) is 134 Å². The second kappa shape index (κ2) is 11.5. The molecule has 36 heavy (non-hydrogen) atoms. The Kier molecular flexibility index (Phi) is 7.36. The third kappa shape index (κ3) is 5.99. The molecule has 0 saturated carbocycles. The van der Waals surface area contributed by atoms with Crippen LogP contribution in [0.4, 0.5) is 0 Å². The first-order valence-corrected chi connectivity index (χ1v) is 12.0. The molecule has 0 amide bonds. The number of hydrogen-bond acceptors (Lipinski definition) is 2. The normalized spacial score (nSPS) is 12.0. The lowest BCUT2D eigenvalue weighted by molar-refractivity contribution is 1.32. The van der Waals surface area contributed by atoms with Crippen molar-refractivity contribution in [2.24, 2.45) is 0 Å². The number of pyridine rings is 2. The first-order chi connectivity index (χ1) is 17.8. The molecule has 3 aromatic carbocycles. The Bertz CT molecular complexity index is 1550. The summed E-state index contributed by atoms with van der Waals surface area (Å²) >= 11 is 0. The van der Waals surface area contributed by atoms with E-state index in [1.54, 1.807) is 6.20 Å². The van der Waals surface area contributed by atoms with Gasteiger partial charge in [0.05, 0.1) is 11.2 Å². The van der Waals surface area contributed by atoms with Crippen LogP contribution >= 0.6 is 0 Å². The summed E-state index contributed by atoms with van der Waals surface area (Å²) in [5, 5.41) is 1.14. The van der Waals surface area contributed by atoms with Gasteiger partial charge in [0.2, 0.25) is 0 Å². The lowest BCUT2D eigenvalue weighted by Gasteiger charge is -2.09. The number of rotatable bonds is 7. The topological polar surface area (TPSA) is 25.8 Å². The van der Waals surface area contributed by atoms with E-state index in [-0.39, 0.29) is 0 Å². The highest BCUT2D eigenvalue weighted by Gasteiger charge is 2.07. The number of nitrogens with zero attached hydrogens (tertiary/aromatic N) is 2. The van der Waals surface area contributed by atoms with E-state index < -0.39 is 0 Å². The largest absolute Gasteiger partial charge is 0.264 e. The van der Waals surface area contributed by atoms with E-state index in [0.717, 1.165) is 27.7 Å².